The van der Waals surface area contributed by atoms with Gasteiger partial charge in [-0.15, -0.1) is 0 Å². The molecule has 0 saturated carbocycles. The van der Waals surface area contributed by atoms with Gasteiger partial charge in [0.05, 0.1) is 5.69 Å². The lowest BCUT2D eigenvalue weighted by atomic mass is 10.1. The Morgan fingerprint density at radius 1 is 1.20 bits per heavy atom. The average Bonchev–Trinajstić information content (AvgIpc) is 2.79. The minimum atomic E-state index is 0.718. The predicted octanol–water partition coefficient (Wildman–Crippen LogP) is 4.13. The summed E-state index contributed by atoms with van der Waals surface area (Å²) in [6.45, 7) is 8.43. The summed E-state index contributed by atoms with van der Waals surface area (Å²) < 4.78 is 5.79. The number of nitrogens with zero attached hydrogens (tertiary/aromatic N) is 2. The van der Waals surface area contributed by atoms with E-state index < -0.39 is 0 Å². The van der Waals surface area contributed by atoms with Crippen LogP contribution in [-0.4, -0.2) is 23.5 Å². The van der Waals surface area contributed by atoms with Crippen LogP contribution in [0.1, 0.15) is 31.7 Å². The van der Waals surface area contributed by atoms with Gasteiger partial charge in [0.25, 0.3) is 0 Å². The first kappa shape index (κ1) is 14.8. The van der Waals surface area contributed by atoms with E-state index >= 15 is 0 Å². The molecule has 20 heavy (non-hydrogen) atoms. The third kappa shape index (κ3) is 3.94. The molecule has 2 aromatic rings. The van der Waals surface area contributed by atoms with E-state index in [1.54, 1.807) is 0 Å². The number of aryl methyl sites for hydroxylation is 1. The molecule has 0 aliphatic carbocycles. The molecular weight excluding hydrogens is 248 g/mol. The summed E-state index contributed by atoms with van der Waals surface area (Å²) >= 11 is 0. The molecule has 0 amide bonds. The van der Waals surface area contributed by atoms with Crippen LogP contribution in [0.25, 0.3) is 11.5 Å². The lowest BCUT2D eigenvalue weighted by molar-refractivity contribution is 0.299. The summed E-state index contributed by atoms with van der Waals surface area (Å²) in [5.74, 6) is 2.37. The zero-order valence-corrected chi connectivity index (χ0v) is 12.9. The predicted molar refractivity (Wildman–Crippen MR) is 82.5 cm³/mol. The third-order valence-corrected chi connectivity index (χ3v) is 3.42. The van der Waals surface area contributed by atoms with Crippen LogP contribution in [0, 0.1) is 12.8 Å². The van der Waals surface area contributed by atoms with Crippen molar-refractivity contribution in [2.75, 3.05) is 13.6 Å². The van der Waals surface area contributed by atoms with E-state index in [9.17, 15) is 0 Å². The SMILES string of the molecule is Cc1oc(-c2ccccc2)nc1CN(C)CCC(C)C. The van der Waals surface area contributed by atoms with E-state index in [2.05, 4.69) is 30.8 Å². The Morgan fingerprint density at radius 3 is 2.55 bits per heavy atom. The van der Waals surface area contributed by atoms with E-state index in [1.165, 1.54) is 6.42 Å². The molecule has 0 spiro atoms. The van der Waals surface area contributed by atoms with E-state index in [0.717, 1.165) is 41.9 Å². The number of hydrogen-bond acceptors (Lipinski definition) is 3. The summed E-state index contributed by atoms with van der Waals surface area (Å²) in [7, 11) is 2.14. The Balaban J connectivity index is 2.05. The number of hydrogen-bond donors (Lipinski definition) is 0. The van der Waals surface area contributed by atoms with Crippen molar-refractivity contribution in [1.29, 1.82) is 0 Å². The van der Waals surface area contributed by atoms with Crippen molar-refractivity contribution in [2.24, 2.45) is 5.92 Å². The topological polar surface area (TPSA) is 29.3 Å². The van der Waals surface area contributed by atoms with Gasteiger partial charge < -0.3 is 9.32 Å². The number of rotatable bonds is 6. The summed E-state index contributed by atoms with van der Waals surface area (Å²) in [5, 5.41) is 0. The van der Waals surface area contributed by atoms with Crippen LogP contribution in [0.15, 0.2) is 34.7 Å². The minimum Gasteiger partial charge on any atom is -0.441 e. The zero-order chi connectivity index (χ0) is 14.5. The molecule has 0 aliphatic rings. The van der Waals surface area contributed by atoms with E-state index in [0.29, 0.717) is 0 Å². The summed E-state index contributed by atoms with van der Waals surface area (Å²) in [6, 6.07) is 10.1. The van der Waals surface area contributed by atoms with Gasteiger partial charge in [-0.2, -0.15) is 0 Å². The van der Waals surface area contributed by atoms with Crippen LogP contribution in [0.3, 0.4) is 0 Å². The molecule has 0 atom stereocenters. The summed E-state index contributed by atoms with van der Waals surface area (Å²) in [5.41, 5.74) is 2.07. The fourth-order valence-electron chi connectivity index (χ4n) is 2.09. The third-order valence-electron chi connectivity index (χ3n) is 3.42. The quantitative estimate of drug-likeness (QED) is 0.792. The fraction of sp³-hybridized carbons (Fsp3) is 0.471. The van der Waals surface area contributed by atoms with Crippen LogP contribution < -0.4 is 0 Å². The van der Waals surface area contributed by atoms with E-state index in [-0.39, 0.29) is 0 Å². The Morgan fingerprint density at radius 2 is 1.90 bits per heavy atom. The molecule has 3 nitrogen and oxygen atoms in total. The van der Waals surface area contributed by atoms with Gasteiger partial charge in [-0.25, -0.2) is 4.98 Å². The van der Waals surface area contributed by atoms with Crippen LogP contribution in [0.2, 0.25) is 0 Å². The lowest BCUT2D eigenvalue weighted by Crippen LogP contribution is -2.20. The van der Waals surface area contributed by atoms with Crippen molar-refractivity contribution in [1.82, 2.24) is 9.88 Å². The molecule has 1 aromatic carbocycles. The minimum absolute atomic E-state index is 0.718. The Labute approximate surface area is 121 Å². The molecule has 3 heteroatoms. The smallest absolute Gasteiger partial charge is 0.226 e. The first-order valence-corrected chi connectivity index (χ1v) is 7.26. The van der Waals surface area contributed by atoms with Crippen molar-refractivity contribution in [3.8, 4) is 11.5 Å². The Kier molecular flexibility index (Phi) is 4.96. The molecule has 1 heterocycles. The second-order valence-electron chi connectivity index (χ2n) is 5.81. The van der Waals surface area contributed by atoms with Crippen LogP contribution in [0.4, 0.5) is 0 Å². The fourth-order valence-corrected chi connectivity index (χ4v) is 2.09. The second-order valence-corrected chi connectivity index (χ2v) is 5.81. The molecule has 0 radical (unpaired) electrons. The van der Waals surface area contributed by atoms with Gasteiger partial charge in [-0.3, -0.25) is 0 Å². The maximum atomic E-state index is 5.79. The molecule has 0 aliphatic heterocycles. The van der Waals surface area contributed by atoms with Gasteiger partial charge in [-0.1, -0.05) is 32.0 Å². The highest BCUT2D eigenvalue weighted by Crippen LogP contribution is 2.22. The Hall–Kier alpha value is -1.61. The highest BCUT2D eigenvalue weighted by Gasteiger charge is 2.13. The van der Waals surface area contributed by atoms with Crippen molar-refractivity contribution < 1.29 is 4.42 Å². The monoisotopic (exact) mass is 272 g/mol. The molecule has 0 N–H and O–H groups in total. The number of benzene rings is 1. The van der Waals surface area contributed by atoms with Gasteiger partial charge in [0, 0.05) is 12.1 Å². The lowest BCUT2D eigenvalue weighted by Gasteiger charge is -2.16. The summed E-state index contributed by atoms with van der Waals surface area (Å²) in [4.78, 5) is 6.94. The van der Waals surface area contributed by atoms with Gasteiger partial charge in [-0.05, 0) is 45.0 Å². The molecule has 0 unspecified atom stereocenters. The normalized spacial score (nSPS) is 11.5. The molecule has 0 bridgehead atoms. The molecule has 1 aromatic heterocycles. The van der Waals surface area contributed by atoms with Crippen molar-refractivity contribution in [3.05, 3.63) is 41.8 Å². The molecule has 0 saturated heterocycles. The largest absolute Gasteiger partial charge is 0.441 e. The second kappa shape index (κ2) is 6.71. The van der Waals surface area contributed by atoms with Gasteiger partial charge in [0.1, 0.15) is 5.76 Å². The maximum absolute atomic E-state index is 5.79. The van der Waals surface area contributed by atoms with Crippen LogP contribution in [-0.2, 0) is 6.54 Å². The van der Waals surface area contributed by atoms with E-state index in [4.69, 9.17) is 4.42 Å². The van der Waals surface area contributed by atoms with Crippen LogP contribution >= 0.6 is 0 Å². The molecule has 2 rings (SSSR count). The van der Waals surface area contributed by atoms with Crippen LogP contribution in [0.5, 0.6) is 0 Å². The van der Waals surface area contributed by atoms with Crippen molar-refractivity contribution >= 4 is 0 Å². The average molecular weight is 272 g/mol. The van der Waals surface area contributed by atoms with Crippen molar-refractivity contribution in [3.63, 3.8) is 0 Å². The van der Waals surface area contributed by atoms with Gasteiger partial charge in [0.2, 0.25) is 5.89 Å². The molecule has 108 valence electrons. The van der Waals surface area contributed by atoms with Gasteiger partial charge >= 0.3 is 0 Å². The molecule has 0 fully saturated rings. The standard InChI is InChI=1S/C17H24N2O/c1-13(2)10-11-19(4)12-16-14(3)20-17(18-16)15-8-6-5-7-9-15/h5-9,13H,10-12H2,1-4H3. The first-order valence-electron chi connectivity index (χ1n) is 7.26. The zero-order valence-electron chi connectivity index (χ0n) is 12.9. The summed E-state index contributed by atoms with van der Waals surface area (Å²) in [6.07, 6.45) is 1.21. The number of aromatic nitrogens is 1. The van der Waals surface area contributed by atoms with Crippen molar-refractivity contribution in [2.45, 2.75) is 33.7 Å². The van der Waals surface area contributed by atoms with Gasteiger partial charge in [0.15, 0.2) is 0 Å². The highest BCUT2D eigenvalue weighted by molar-refractivity contribution is 5.53. The maximum Gasteiger partial charge on any atom is 0.226 e. The molecular formula is C17H24N2O. The number of oxazole rings is 1. The first-order chi connectivity index (χ1) is 9.56. The Bertz CT molecular complexity index is 531. The van der Waals surface area contributed by atoms with E-state index in [1.807, 2.05) is 37.3 Å². The highest BCUT2D eigenvalue weighted by atomic mass is 16.4.